The predicted molar refractivity (Wildman–Crippen MR) is 64.5 cm³/mol. The third-order valence-corrected chi connectivity index (χ3v) is 2.77. The van der Waals surface area contributed by atoms with Crippen LogP contribution < -0.4 is 5.32 Å². The molecule has 1 aromatic carbocycles. The van der Waals surface area contributed by atoms with Crippen molar-refractivity contribution in [2.24, 2.45) is 0 Å². The molecule has 0 unspecified atom stereocenters. The molecule has 2 aromatic rings. The van der Waals surface area contributed by atoms with E-state index in [9.17, 15) is 4.39 Å². The summed E-state index contributed by atoms with van der Waals surface area (Å²) < 4.78 is 23.7. The Hall–Kier alpha value is -1.39. The summed E-state index contributed by atoms with van der Waals surface area (Å²) in [5.41, 5.74) is 1.72. The summed E-state index contributed by atoms with van der Waals surface area (Å²) in [7, 11) is 1.66. The second kappa shape index (κ2) is 5.29. The van der Waals surface area contributed by atoms with Crippen LogP contribution in [0.1, 0.15) is 11.3 Å². The summed E-state index contributed by atoms with van der Waals surface area (Å²) in [6, 6.07) is 4.58. The Balaban J connectivity index is 2.15. The number of benzene rings is 1. The Labute approximate surface area is 99.6 Å². The average Bonchev–Trinajstić information content (AvgIpc) is 2.62. The van der Waals surface area contributed by atoms with E-state index in [1.165, 1.54) is 12.1 Å². The van der Waals surface area contributed by atoms with Gasteiger partial charge in [-0.3, -0.25) is 0 Å². The molecule has 3 nitrogen and oxygen atoms in total. The normalized spacial score (nSPS) is 11.2. The van der Waals surface area contributed by atoms with Crippen LogP contribution in [0.4, 0.5) is 4.39 Å². The lowest BCUT2D eigenvalue weighted by Gasteiger charge is -2.01. The van der Waals surface area contributed by atoms with E-state index in [1.807, 2.05) is 6.92 Å². The van der Waals surface area contributed by atoms with Crippen molar-refractivity contribution in [1.82, 2.24) is 5.32 Å². The highest BCUT2D eigenvalue weighted by Crippen LogP contribution is 2.25. The summed E-state index contributed by atoms with van der Waals surface area (Å²) in [5, 5.41) is 4.05. The fourth-order valence-electron chi connectivity index (χ4n) is 1.79. The van der Waals surface area contributed by atoms with Crippen LogP contribution in [0.2, 0.25) is 0 Å². The number of rotatable bonds is 5. The highest BCUT2D eigenvalue weighted by Gasteiger charge is 2.10. The van der Waals surface area contributed by atoms with Gasteiger partial charge in [0.2, 0.25) is 0 Å². The van der Waals surface area contributed by atoms with Gasteiger partial charge >= 0.3 is 0 Å². The molecule has 0 saturated heterocycles. The van der Waals surface area contributed by atoms with Crippen molar-refractivity contribution in [3.05, 3.63) is 35.3 Å². The summed E-state index contributed by atoms with van der Waals surface area (Å²) in [5.74, 6) is 0.613. The zero-order valence-electron chi connectivity index (χ0n) is 10.0. The van der Waals surface area contributed by atoms with Crippen LogP contribution in [0.3, 0.4) is 0 Å². The molecule has 0 amide bonds. The standard InChI is InChI=1S/C13H16FNO2/c1-9-11-7-10(14)3-4-12(11)17-13(9)8-15-5-6-16-2/h3-4,7,15H,5-6,8H2,1-2H3. The van der Waals surface area contributed by atoms with Gasteiger partial charge in [0, 0.05) is 19.0 Å². The summed E-state index contributed by atoms with van der Waals surface area (Å²) in [4.78, 5) is 0. The monoisotopic (exact) mass is 237 g/mol. The molecule has 4 heteroatoms. The van der Waals surface area contributed by atoms with Crippen LogP contribution in [0.25, 0.3) is 11.0 Å². The molecule has 0 atom stereocenters. The third kappa shape index (κ3) is 2.65. The molecule has 17 heavy (non-hydrogen) atoms. The molecule has 2 rings (SSSR count). The second-order valence-corrected chi connectivity index (χ2v) is 3.96. The molecule has 0 spiro atoms. The maximum Gasteiger partial charge on any atom is 0.134 e. The van der Waals surface area contributed by atoms with Gasteiger partial charge in [-0.1, -0.05) is 0 Å². The predicted octanol–water partition coefficient (Wildman–Crippen LogP) is 2.62. The van der Waals surface area contributed by atoms with E-state index >= 15 is 0 Å². The number of hydrogen-bond acceptors (Lipinski definition) is 3. The van der Waals surface area contributed by atoms with Crippen molar-refractivity contribution < 1.29 is 13.5 Å². The number of methoxy groups -OCH3 is 1. The highest BCUT2D eigenvalue weighted by molar-refractivity contribution is 5.82. The Morgan fingerprint density at radius 3 is 3.00 bits per heavy atom. The Morgan fingerprint density at radius 2 is 2.24 bits per heavy atom. The van der Waals surface area contributed by atoms with Crippen LogP contribution in [0.15, 0.2) is 22.6 Å². The van der Waals surface area contributed by atoms with Crippen LogP contribution in [-0.4, -0.2) is 20.3 Å². The smallest absolute Gasteiger partial charge is 0.134 e. The Morgan fingerprint density at radius 1 is 1.41 bits per heavy atom. The molecule has 0 aliphatic rings. The maximum atomic E-state index is 13.1. The average molecular weight is 237 g/mol. The van der Waals surface area contributed by atoms with Gasteiger partial charge in [0.25, 0.3) is 0 Å². The van der Waals surface area contributed by atoms with E-state index in [1.54, 1.807) is 13.2 Å². The minimum absolute atomic E-state index is 0.236. The zero-order chi connectivity index (χ0) is 12.3. The van der Waals surface area contributed by atoms with E-state index in [2.05, 4.69) is 5.32 Å². The van der Waals surface area contributed by atoms with E-state index in [4.69, 9.17) is 9.15 Å². The fourth-order valence-corrected chi connectivity index (χ4v) is 1.79. The van der Waals surface area contributed by atoms with Crippen molar-refractivity contribution in [2.45, 2.75) is 13.5 Å². The van der Waals surface area contributed by atoms with Crippen molar-refractivity contribution in [2.75, 3.05) is 20.3 Å². The van der Waals surface area contributed by atoms with Crippen LogP contribution >= 0.6 is 0 Å². The molecule has 0 radical (unpaired) electrons. The molecule has 1 N–H and O–H groups in total. The SMILES string of the molecule is COCCNCc1oc2ccc(F)cc2c1C. The summed E-state index contributed by atoms with van der Waals surface area (Å²) in [6.45, 7) is 4.00. The lowest BCUT2D eigenvalue weighted by Crippen LogP contribution is -2.18. The van der Waals surface area contributed by atoms with Gasteiger partial charge in [0.05, 0.1) is 13.2 Å². The number of aryl methyl sites for hydroxylation is 1. The first-order valence-electron chi connectivity index (χ1n) is 5.59. The van der Waals surface area contributed by atoms with Gasteiger partial charge in [0.1, 0.15) is 17.2 Å². The van der Waals surface area contributed by atoms with Crippen molar-refractivity contribution in [3.63, 3.8) is 0 Å². The fraction of sp³-hybridized carbons (Fsp3) is 0.385. The first kappa shape index (κ1) is 12.1. The molecule has 92 valence electrons. The topological polar surface area (TPSA) is 34.4 Å². The first-order valence-corrected chi connectivity index (χ1v) is 5.59. The second-order valence-electron chi connectivity index (χ2n) is 3.96. The van der Waals surface area contributed by atoms with E-state index in [-0.39, 0.29) is 5.82 Å². The first-order chi connectivity index (χ1) is 8.22. The van der Waals surface area contributed by atoms with Gasteiger partial charge in [-0.15, -0.1) is 0 Å². The number of halogens is 1. The number of nitrogens with one attached hydrogen (secondary N) is 1. The number of hydrogen-bond donors (Lipinski definition) is 1. The largest absolute Gasteiger partial charge is 0.459 e. The lowest BCUT2D eigenvalue weighted by molar-refractivity contribution is 0.198. The Kier molecular flexibility index (Phi) is 3.76. The quantitative estimate of drug-likeness (QED) is 0.812. The van der Waals surface area contributed by atoms with Crippen molar-refractivity contribution in [3.8, 4) is 0 Å². The minimum Gasteiger partial charge on any atom is -0.459 e. The summed E-state index contributed by atoms with van der Waals surface area (Å²) in [6.07, 6.45) is 0. The molecule has 0 fully saturated rings. The summed E-state index contributed by atoms with van der Waals surface area (Å²) >= 11 is 0. The van der Waals surface area contributed by atoms with E-state index in [0.717, 1.165) is 28.8 Å². The Bertz CT molecular complexity index is 507. The van der Waals surface area contributed by atoms with E-state index < -0.39 is 0 Å². The molecular formula is C13H16FNO2. The number of fused-ring (bicyclic) bond motifs is 1. The van der Waals surface area contributed by atoms with Gasteiger partial charge in [-0.2, -0.15) is 0 Å². The maximum absolute atomic E-state index is 13.1. The van der Waals surface area contributed by atoms with Gasteiger partial charge in [0.15, 0.2) is 0 Å². The number of ether oxygens (including phenoxy) is 1. The molecule has 0 aliphatic heterocycles. The lowest BCUT2D eigenvalue weighted by atomic mass is 10.1. The molecule has 0 saturated carbocycles. The van der Waals surface area contributed by atoms with Crippen LogP contribution in [0.5, 0.6) is 0 Å². The third-order valence-electron chi connectivity index (χ3n) is 2.77. The zero-order valence-corrected chi connectivity index (χ0v) is 10.0. The molecule has 1 heterocycles. The number of furan rings is 1. The van der Waals surface area contributed by atoms with Gasteiger partial charge in [-0.25, -0.2) is 4.39 Å². The van der Waals surface area contributed by atoms with Gasteiger partial charge < -0.3 is 14.5 Å². The van der Waals surface area contributed by atoms with Crippen molar-refractivity contribution >= 4 is 11.0 Å². The highest BCUT2D eigenvalue weighted by atomic mass is 19.1. The van der Waals surface area contributed by atoms with E-state index in [0.29, 0.717) is 13.2 Å². The molecule has 0 aliphatic carbocycles. The minimum atomic E-state index is -0.236. The molecular weight excluding hydrogens is 221 g/mol. The van der Waals surface area contributed by atoms with Crippen molar-refractivity contribution in [1.29, 1.82) is 0 Å². The molecule has 1 aromatic heterocycles. The van der Waals surface area contributed by atoms with Gasteiger partial charge in [-0.05, 0) is 30.7 Å². The van der Waals surface area contributed by atoms with Crippen LogP contribution in [0, 0.1) is 12.7 Å². The molecule has 0 bridgehead atoms. The van der Waals surface area contributed by atoms with Crippen LogP contribution in [-0.2, 0) is 11.3 Å².